The van der Waals surface area contributed by atoms with Crippen molar-refractivity contribution in [2.45, 2.75) is 13.3 Å². The first kappa shape index (κ1) is 13.5. The maximum absolute atomic E-state index is 13.6. The summed E-state index contributed by atoms with van der Waals surface area (Å²) in [7, 11) is 1.68. The molecule has 0 unspecified atom stereocenters. The molecule has 4 nitrogen and oxygen atoms in total. The van der Waals surface area contributed by atoms with Crippen LogP contribution in [0.3, 0.4) is 0 Å². The fourth-order valence-corrected chi connectivity index (χ4v) is 1.90. The molecule has 0 amide bonds. The number of halogens is 2. The number of nitrogens with zero attached hydrogens (tertiary/aromatic N) is 2. The highest BCUT2D eigenvalue weighted by Gasteiger charge is 2.16. The Morgan fingerprint density at radius 2 is 2.11 bits per heavy atom. The van der Waals surface area contributed by atoms with Gasteiger partial charge in [-0.15, -0.1) is 0 Å². The van der Waals surface area contributed by atoms with Gasteiger partial charge in [0.15, 0.2) is 11.6 Å². The second kappa shape index (κ2) is 5.36. The van der Waals surface area contributed by atoms with Gasteiger partial charge in [-0.3, -0.25) is 0 Å². The average Bonchev–Trinajstić information content (AvgIpc) is 2.61. The smallest absolute Gasteiger partial charge is 0.221 e. The van der Waals surface area contributed by atoms with Crippen LogP contribution in [0.5, 0.6) is 11.6 Å². The second-order valence-electron chi connectivity index (χ2n) is 4.21. The fourth-order valence-electron chi connectivity index (χ4n) is 1.90. The van der Waals surface area contributed by atoms with Gasteiger partial charge in [-0.1, -0.05) is 0 Å². The predicted octanol–water partition coefficient (Wildman–Crippen LogP) is 2.30. The Morgan fingerprint density at radius 3 is 2.79 bits per heavy atom. The molecule has 0 spiro atoms. The molecule has 1 aromatic heterocycles. The minimum absolute atomic E-state index is 0.165. The summed E-state index contributed by atoms with van der Waals surface area (Å²) in [4.78, 5) is 0. The summed E-state index contributed by atoms with van der Waals surface area (Å²) in [5.74, 6) is -0.969. The maximum atomic E-state index is 13.6. The van der Waals surface area contributed by atoms with Gasteiger partial charge in [-0.05, 0) is 32.0 Å². The number of hydrogen-bond donors (Lipinski definition) is 1. The van der Waals surface area contributed by atoms with E-state index in [9.17, 15) is 8.78 Å². The molecule has 0 saturated heterocycles. The fraction of sp³-hybridized carbons (Fsp3) is 0.308. The highest BCUT2D eigenvalue weighted by atomic mass is 19.1. The SMILES string of the molecule is Cc1nn(C)c(Oc2cc(F)ccc2F)c1CCN. The van der Waals surface area contributed by atoms with Crippen LogP contribution in [0.15, 0.2) is 18.2 Å². The maximum Gasteiger partial charge on any atom is 0.221 e. The van der Waals surface area contributed by atoms with E-state index in [-0.39, 0.29) is 5.75 Å². The van der Waals surface area contributed by atoms with Gasteiger partial charge in [0.05, 0.1) is 5.69 Å². The van der Waals surface area contributed by atoms with Gasteiger partial charge < -0.3 is 10.5 Å². The van der Waals surface area contributed by atoms with Gasteiger partial charge in [0, 0.05) is 18.7 Å². The van der Waals surface area contributed by atoms with E-state index in [2.05, 4.69) is 5.10 Å². The van der Waals surface area contributed by atoms with E-state index in [4.69, 9.17) is 10.5 Å². The van der Waals surface area contributed by atoms with Gasteiger partial charge in [0.2, 0.25) is 5.88 Å². The summed E-state index contributed by atoms with van der Waals surface area (Å²) in [6.45, 7) is 2.24. The van der Waals surface area contributed by atoms with Crippen molar-refractivity contribution in [1.82, 2.24) is 9.78 Å². The lowest BCUT2D eigenvalue weighted by atomic mass is 10.2. The molecule has 6 heteroatoms. The Balaban J connectivity index is 2.40. The average molecular weight is 267 g/mol. The normalized spacial score (nSPS) is 10.8. The minimum atomic E-state index is -0.626. The number of aromatic nitrogens is 2. The standard InChI is InChI=1S/C13H15F2N3O/c1-8-10(5-6-16)13(18(2)17-8)19-12-7-9(14)3-4-11(12)15/h3-4,7H,5-6,16H2,1-2H3. The first-order valence-corrected chi connectivity index (χ1v) is 5.88. The number of aryl methyl sites for hydroxylation is 2. The molecule has 2 N–H and O–H groups in total. The van der Waals surface area contributed by atoms with E-state index in [1.807, 2.05) is 6.92 Å². The molecule has 0 aliphatic carbocycles. The van der Waals surface area contributed by atoms with Gasteiger partial charge in [0.25, 0.3) is 0 Å². The number of benzene rings is 1. The van der Waals surface area contributed by atoms with Crippen LogP contribution < -0.4 is 10.5 Å². The highest BCUT2D eigenvalue weighted by molar-refractivity contribution is 5.36. The van der Waals surface area contributed by atoms with Gasteiger partial charge in [0.1, 0.15) is 5.82 Å². The zero-order valence-corrected chi connectivity index (χ0v) is 10.8. The lowest BCUT2D eigenvalue weighted by Gasteiger charge is -2.09. The molecule has 2 rings (SSSR count). The summed E-state index contributed by atoms with van der Waals surface area (Å²) < 4.78 is 33.6. The Bertz CT molecular complexity index is 596. The van der Waals surface area contributed by atoms with E-state index in [1.165, 1.54) is 4.68 Å². The van der Waals surface area contributed by atoms with E-state index in [0.29, 0.717) is 18.8 Å². The van der Waals surface area contributed by atoms with Crippen LogP contribution in [0, 0.1) is 18.6 Å². The van der Waals surface area contributed by atoms with Crippen molar-refractivity contribution in [3.63, 3.8) is 0 Å². The van der Waals surface area contributed by atoms with E-state index in [1.54, 1.807) is 7.05 Å². The number of nitrogens with two attached hydrogens (primary N) is 1. The Kier molecular flexibility index (Phi) is 3.80. The molecule has 0 fully saturated rings. The Morgan fingerprint density at radius 1 is 1.37 bits per heavy atom. The summed E-state index contributed by atoms with van der Waals surface area (Å²) >= 11 is 0. The van der Waals surface area contributed by atoms with Crippen molar-refractivity contribution >= 4 is 0 Å². The van der Waals surface area contributed by atoms with Gasteiger partial charge >= 0.3 is 0 Å². The molecule has 19 heavy (non-hydrogen) atoms. The number of hydrogen-bond acceptors (Lipinski definition) is 3. The number of rotatable bonds is 4. The van der Waals surface area contributed by atoms with Crippen molar-refractivity contribution in [2.24, 2.45) is 12.8 Å². The Hall–Kier alpha value is -1.95. The zero-order chi connectivity index (χ0) is 14.0. The largest absolute Gasteiger partial charge is 0.436 e. The van der Waals surface area contributed by atoms with Gasteiger partial charge in [-0.25, -0.2) is 13.5 Å². The molecule has 102 valence electrons. The van der Waals surface area contributed by atoms with Crippen molar-refractivity contribution < 1.29 is 13.5 Å². The molecule has 0 radical (unpaired) electrons. The first-order valence-electron chi connectivity index (χ1n) is 5.88. The molecule has 0 saturated carbocycles. The number of ether oxygens (including phenoxy) is 1. The predicted molar refractivity (Wildman–Crippen MR) is 67.1 cm³/mol. The molecule has 1 aromatic carbocycles. The molecular weight excluding hydrogens is 252 g/mol. The topological polar surface area (TPSA) is 53.1 Å². The van der Waals surface area contributed by atoms with Gasteiger partial charge in [-0.2, -0.15) is 5.10 Å². The first-order chi connectivity index (χ1) is 9.02. The van der Waals surface area contributed by atoms with Crippen LogP contribution in [-0.4, -0.2) is 16.3 Å². The summed E-state index contributed by atoms with van der Waals surface area (Å²) in [5, 5.41) is 4.20. The lowest BCUT2D eigenvalue weighted by molar-refractivity contribution is 0.396. The molecule has 1 heterocycles. The molecule has 0 aliphatic heterocycles. The van der Waals surface area contributed by atoms with Crippen LogP contribution in [0.2, 0.25) is 0 Å². The summed E-state index contributed by atoms with van der Waals surface area (Å²) in [6.07, 6.45) is 0.561. The van der Waals surface area contributed by atoms with Crippen LogP contribution in [0.1, 0.15) is 11.3 Å². The third kappa shape index (κ3) is 2.73. The third-order valence-electron chi connectivity index (χ3n) is 2.78. The lowest BCUT2D eigenvalue weighted by Crippen LogP contribution is -2.05. The second-order valence-corrected chi connectivity index (χ2v) is 4.21. The Labute approximate surface area is 109 Å². The van der Waals surface area contributed by atoms with Crippen LogP contribution in [-0.2, 0) is 13.5 Å². The third-order valence-corrected chi connectivity index (χ3v) is 2.78. The summed E-state index contributed by atoms with van der Waals surface area (Å²) in [5.41, 5.74) is 7.09. The molecule has 0 bridgehead atoms. The van der Waals surface area contributed by atoms with Crippen molar-refractivity contribution in [3.05, 3.63) is 41.1 Å². The van der Waals surface area contributed by atoms with Crippen molar-refractivity contribution in [3.8, 4) is 11.6 Å². The van der Waals surface area contributed by atoms with E-state index < -0.39 is 11.6 Å². The monoisotopic (exact) mass is 267 g/mol. The molecule has 0 aliphatic rings. The van der Waals surface area contributed by atoms with Crippen LogP contribution >= 0.6 is 0 Å². The summed E-state index contributed by atoms with van der Waals surface area (Å²) in [6, 6.07) is 3.07. The molecule has 0 atom stereocenters. The molecular formula is C13H15F2N3O. The van der Waals surface area contributed by atoms with E-state index >= 15 is 0 Å². The molecule has 2 aromatic rings. The van der Waals surface area contributed by atoms with Crippen molar-refractivity contribution in [2.75, 3.05) is 6.54 Å². The quantitative estimate of drug-likeness (QED) is 0.924. The van der Waals surface area contributed by atoms with Crippen molar-refractivity contribution in [1.29, 1.82) is 0 Å². The van der Waals surface area contributed by atoms with E-state index in [0.717, 1.165) is 29.5 Å². The minimum Gasteiger partial charge on any atom is -0.436 e. The highest BCUT2D eigenvalue weighted by Crippen LogP contribution is 2.29. The van der Waals surface area contributed by atoms with Crippen LogP contribution in [0.25, 0.3) is 0 Å². The zero-order valence-electron chi connectivity index (χ0n) is 10.8. The van der Waals surface area contributed by atoms with Crippen LogP contribution in [0.4, 0.5) is 8.78 Å².